The summed E-state index contributed by atoms with van der Waals surface area (Å²) < 4.78 is 5.33. The molecule has 1 aliphatic heterocycles. The molecular formula is C17H23NO3. The number of ether oxygens (including phenoxy) is 1. The molecular weight excluding hydrogens is 266 g/mol. The van der Waals surface area contributed by atoms with Crippen molar-refractivity contribution in [2.75, 3.05) is 27.2 Å². The van der Waals surface area contributed by atoms with E-state index in [1.807, 2.05) is 31.3 Å². The number of likely N-dealkylation sites (tertiary alicyclic amines) is 1. The molecule has 1 aromatic rings. The van der Waals surface area contributed by atoms with Crippen LogP contribution in [0.5, 0.6) is 5.75 Å². The topological polar surface area (TPSA) is 49.8 Å². The third kappa shape index (κ3) is 2.27. The van der Waals surface area contributed by atoms with Gasteiger partial charge >= 0.3 is 0 Å². The van der Waals surface area contributed by atoms with Gasteiger partial charge in [0.2, 0.25) is 0 Å². The van der Waals surface area contributed by atoms with Crippen molar-refractivity contribution < 1.29 is 14.6 Å². The molecule has 0 radical (unpaired) electrons. The smallest absolute Gasteiger partial charge is 0.134 e. The summed E-state index contributed by atoms with van der Waals surface area (Å²) in [6.07, 6.45) is 2.27. The Morgan fingerprint density at radius 3 is 2.90 bits per heavy atom. The number of β-amino-alcohol motifs (C(OH)–C–C–N with tert-alkyl or cyclic N) is 1. The summed E-state index contributed by atoms with van der Waals surface area (Å²) in [4.78, 5) is 14.3. The molecule has 1 N–H and O–H groups in total. The van der Waals surface area contributed by atoms with E-state index in [1.165, 1.54) is 0 Å². The SMILES string of the molecule is COc1cccc([C@]23CCN(C)C[C@]2(O)CCC(=O)C3)c1. The van der Waals surface area contributed by atoms with Crippen LogP contribution in [0.2, 0.25) is 0 Å². The van der Waals surface area contributed by atoms with Crippen LogP contribution in [-0.4, -0.2) is 48.6 Å². The first kappa shape index (κ1) is 14.5. The minimum Gasteiger partial charge on any atom is -0.497 e. The van der Waals surface area contributed by atoms with Crippen molar-refractivity contribution in [1.82, 2.24) is 4.90 Å². The van der Waals surface area contributed by atoms with E-state index in [9.17, 15) is 9.90 Å². The molecule has 0 unspecified atom stereocenters. The van der Waals surface area contributed by atoms with E-state index in [0.29, 0.717) is 25.8 Å². The zero-order valence-electron chi connectivity index (χ0n) is 12.8. The van der Waals surface area contributed by atoms with Crippen LogP contribution < -0.4 is 4.74 Å². The average molecular weight is 289 g/mol. The summed E-state index contributed by atoms with van der Waals surface area (Å²) >= 11 is 0. The van der Waals surface area contributed by atoms with Gasteiger partial charge < -0.3 is 14.7 Å². The van der Waals surface area contributed by atoms with E-state index in [2.05, 4.69) is 4.90 Å². The highest BCUT2D eigenvalue weighted by Gasteiger charge is 2.57. The number of rotatable bonds is 2. The van der Waals surface area contributed by atoms with Gasteiger partial charge in [0, 0.05) is 24.8 Å². The molecule has 2 fully saturated rings. The zero-order chi connectivity index (χ0) is 15.1. The quantitative estimate of drug-likeness (QED) is 0.901. The second kappa shape index (κ2) is 5.11. The molecule has 0 amide bonds. The molecule has 3 rings (SSSR count). The van der Waals surface area contributed by atoms with Gasteiger partial charge in [-0.3, -0.25) is 4.79 Å². The largest absolute Gasteiger partial charge is 0.497 e. The van der Waals surface area contributed by atoms with Crippen molar-refractivity contribution >= 4 is 5.78 Å². The van der Waals surface area contributed by atoms with Gasteiger partial charge in [0.05, 0.1) is 12.7 Å². The van der Waals surface area contributed by atoms with Gasteiger partial charge in [0.25, 0.3) is 0 Å². The summed E-state index contributed by atoms with van der Waals surface area (Å²) in [6, 6.07) is 7.85. The standard InChI is InChI=1S/C17H23NO3/c1-18-9-8-16(13-4-3-5-15(10-13)21-2)11-14(19)6-7-17(16,20)12-18/h3-5,10,20H,6-9,11-12H2,1-2H3/t16-,17-/m1/s1. The summed E-state index contributed by atoms with van der Waals surface area (Å²) in [5.41, 5.74) is -0.269. The molecule has 1 aliphatic carbocycles. The summed E-state index contributed by atoms with van der Waals surface area (Å²) in [5, 5.41) is 11.3. The van der Waals surface area contributed by atoms with Gasteiger partial charge in [-0.2, -0.15) is 0 Å². The number of aliphatic hydroxyl groups is 1. The third-order valence-electron chi connectivity index (χ3n) is 5.28. The van der Waals surface area contributed by atoms with Crippen molar-refractivity contribution in [3.63, 3.8) is 0 Å². The summed E-state index contributed by atoms with van der Waals surface area (Å²) in [6.45, 7) is 1.52. The van der Waals surface area contributed by atoms with Crippen LogP contribution in [0.25, 0.3) is 0 Å². The Morgan fingerprint density at radius 1 is 1.33 bits per heavy atom. The van der Waals surface area contributed by atoms with E-state index in [0.717, 1.165) is 24.3 Å². The summed E-state index contributed by atoms with van der Waals surface area (Å²) in [7, 11) is 3.67. The minimum absolute atomic E-state index is 0.257. The van der Waals surface area contributed by atoms with Crippen molar-refractivity contribution in [3.8, 4) is 5.75 Å². The lowest BCUT2D eigenvalue weighted by Gasteiger charge is -2.55. The normalized spacial score (nSPS) is 33.6. The monoisotopic (exact) mass is 289 g/mol. The number of benzene rings is 1. The maximum atomic E-state index is 12.1. The molecule has 1 saturated carbocycles. The van der Waals surface area contributed by atoms with Crippen LogP contribution >= 0.6 is 0 Å². The number of piperidine rings is 1. The molecule has 0 bridgehead atoms. The maximum Gasteiger partial charge on any atom is 0.134 e. The van der Waals surface area contributed by atoms with Crippen LogP contribution in [-0.2, 0) is 10.2 Å². The molecule has 1 saturated heterocycles. The molecule has 21 heavy (non-hydrogen) atoms. The van der Waals surface area contributed by atoms with E-state index >= 15 is 0 Å². The Balaban J connectivity index is 2.09. The van der Waals surface area contributed by atoms with E-state index in [-0.39, 0.29) is 5.78 Å². The van der Waals surface area contributed by atoms with Gasteiger partial charge in [0.1, 0.15) is 11.5 Å². The van der Waals surface area contributed by atoms with E-state index in [1.54, 1.807) is 7.11 Å². The van der Waals surface area contributed by atoms with Crippen molar-refractivity contribution in [2.45, 2.75) is 36.7 Å². The fourth-order valence-corrected chi connectivity index (χ4v) is 4.07. The lowest BCUT2D eigenvalue weighted by Crippen LogP contribution is -2.64. The molecule has 114 valence electrons. The average Bonchev–Trinajstić information content (AvgIpc) is 2.48. The van der Waals surface area contributed by atoms with Crippen LogP contribution in [0.4, 0.5) is 0 Å². The summed E-state index contributed by atoms with van der Waals surface area (Å²) in [5.74, 6) is 1.04. The fourth-order valence-electron chi connectivity index (χ4n) is 4.07. The first-order valence-corrected chi connectivity index (χ1v) is 7.56. The van der Waals surface area contributed by atoms with E-state index in [4.69, 9.17) is 4.74 Å². The Labute approximate surface area is 125 Å². The van der Waals surface area contributed by atoms with Crippen LogP contribution in [0, 0.1) is 0 Å². The number of hydrogen-bond donors (Lipinski definition) is 1. The van der Waals surface area contributed by atoms with Gasteiger partial charge in [-0.25, -0.2) is 0 Å². The molecule has 1 heterocycles. The Bertz CT molecular complexity index is 559. The molecule has 0 aromatic heterocycles. The molecule has 2 aliphatic rings. The second-order valence-electron chi connectivity index (χ2n) is 6.55. The number of carbonyl (C=O) groups excluding carboxylic acids is 1. The number of carbonyl (C=O) groups is 1. The molecule has 2 atom stereocenters. The third-order valence-corrected chi connectivity index (χ3v) is 5.28. The Morgan fingerprint density at radius 2 is 2.14 bits per heavy atom. The highest BCUT2D eigenvalue weighted by atomic mass is 16.5. The zero-order valence-corrected chi connectivity index (χ0v) is 12.8. The minimum atomic E-state index is -0.833. The predicted octanol–water partition coefficient (Wildman–Crippen LogP) is 1.75. The highest BCUT2D eigenvalue weighted by molar-refractivity contribution is 5.82. The van der Waals surface area contributed by atoms with Gasteiger partial charge in [-0.05, 0) is 44.1 Å². The fraction of sp³-hybridized carbons (Fsp3) is 0.588. The van der Waals surface area contributed by atoms with Crippen molar-refractivity contribution in [1.29, 1.82) is 0 Å². The van der Waals surface area contributed by atoms with Gasteiger partial charge in [-0.15, -0.1) is 0 Å². The lowest BCUT2D eigenvalue weighted by atomic mass is 9.56. The van der Waals surface area contributed by atoms with Crippen LogP contribution in [0.3, 0.4) is 0 Å². The number of methoxy groups -OCH3 is 1. The number of nitrogens with zero attached hydrogens (tertiary/aromatic N) is 1. The van der Waals surface area contributed by atoms with Gasteiger partial charge in [-0.1, -0.05) is 12.1 Å². The molecule has 0 spiro atoms. The van der Waals surface area contributed by atoms with Crippen molar-refractivity contribution in [3.05, 3.63) is 29.8 Å². The number of Topliss-reactive ketones (excluding diaryl/α,β-unsaturated/α-hetero) is 1. The maximum absolute atomic E-state index is 12.1. The van der Waals surface area contributed by atoms with Crippen molar-refractivity contribution in [2.24, 2.45) is 0 Å². The van der Waals surface area contributed by atoms with E-state index < -0.39 is 11.0 Å². The first-order chi connectivity index (χ1) is 9.99. The predicted molar refractivity (Wildman–Crippen MR) is 80.6 cm³/mol. The number of fused-ring (bicyclic) bond motifs is 1. The molecule has 4 heteroatoms. The molecule has 4 nitrogen and oxygen atoms in total. The number of likely N-dealkylation sites (N-methyl/N-ethyl adjacent to an activating group) is 1. The number of hydrogen-bond acceptors (Lipinski definition) is 4. The highest BCUT2D eigenvalue weighted by Crippen LogP contribution is 2.50. The Hall–Kier alpha value is -1.39. The second-order valence-corrected chi connectivity index (χ2v) is 6.55. The van der Waals surface area contributed by atoms with Crippen LogP contribution in [0.1, 0.15) is 31.2 Å². The lowest BCUT2D eigenvalue weighted by molar-refractivity contribution is -0.145. The van der Waals surface area contributed by atoms with Gasteiger partial charge in [0.15, 0.2) is 0 Å². The number of ketones is 1. The Kier molecular flexibility index (Phi) is 3.54. The molecule has 1 aromatic carbocycles. The first-order valence-electron chi connectivity index (χ1n) is 7.56. The van der Waals surface area contributed by atoms with Crippen LogP contribution in [0.15, 0.2) is 24.3 Å².